The van der Waals surface area contributed by atoms with E-state index in [2.05, 4.69) is 10.3 Å². The molecule has 0 amide bonds. The molecule has 0 aliphatic carbocycles. The van der Waals surface area contributed by atoms with Crippen LogP contribution in [0.5, 0.6) is 0 Å². The summed E-state index contributed by atoms with van der Waals surface area (Å²) < 4.78 is 25.5. The average Bonchev–Trinajstić information content (AvgIpc) is 2.77. The van der Waals surface area contributed by atoms with E-state index >= 15 is 0 Å². The highest BCUT2D eigenvalue weighted by molar-refractivity contribution is 7.91. The van der Waals surface area contributed by atoms with Gasteiger partial charge in [-0.05, 0) is 60.5 Å². The van der Waals surface area contributed by atoms with Crippen LogP contribution in [0.15, 0.2) is 76.7 Å². The minimum Gasteiger partial charge on any atom is -0.477 e. The number of aromatic carboxylic acids is 1. The van der Waals surface area contributed by atoms with Crippen molar-refractivity contribution in [2.75, 3.05) is 13.1 Å². The van der Waals surface area contributed by atoms with Crippen LogP contribution in [0.1, 0.15) is 27.7 Å². The maximum atomic E-state index is 12.7. The quantitative estimate of drug-likeness (QED) is 0.420. The molecule has 0 fully saturated rings. The fourth-order valence-electron chi connectivity index (χ4n) is 2.97. The molecule has 162 valence electrons. The van der Waals surface area contributed by atoms with Crippen LogP contribution in [0.2, 0.25) is 5.02 Å². The van der Waals surface area contributed by atoms with Gasteiger partial charge in [0, 0.05) is 17.8 Å². The van der Waals surface area contributed by atoms with Gasteiger partial charge in [0.15, 0.2) is 0 Å². The minimum absolute atomic E-state index is 0.0723. The summed E-state index contributed by atoms with van der Waals surface area (Å²) in [5.74, 6) is -1.29. The summed E-state index contributed by atoms with van der Waals surface area (Å²) in [4.78, 5) is 14.6. The average molecular weight is 461 g/mol. The van der Waals surface area contributed by atoms with Gasteiger partial charge in [0.05, 0.1) is 15.9 Å². The molecule has 2 aromatic carbocycles. The molecule has 0 unspecified atom stereocenters. The fraction of sp³-hybridized carbons (Fsp3) is 0.182. The molecule has 0 aliphatic heterocycles. The Morgan fingerprint density at radius 2 is 1.81 bits per heavy atom. The summed E-state index contributed by atoms with van der Waals surface area (Å²) in [7, 11) is -3.85. The second-order valence-corrected chi connectivity index (χ2v) is 9.24. The first-order valence-electron chi connectivity index (χ1n) is 9.45. The summed E-state index contributed by atoms with van der Waals surface area (Å²) in [6.45, 7) is 0.955. The molecular formula is C22H21ClN2O5S. The monoisotopic (exact) mass is 460 g/mol. The maximum Gasteiger partial charge on any atom is 0.354 e. The van der Waals surface area contributed by atoms with Crippen LogP contribution in [0.25, 0.3) is 0 Å². The molecule has 1 aromatic heterocycles. The van der Waals surface area contributed by atoms with E-state index in [0.29, 0.717) is 24.5 Å². The number of pyridine rings is 1. The molecule has 31 heavy (non-hydrogen) atoms. The Hall–Kier alpha value is -2.78. The van der Waals surface area contributed by atoms with Crippen LogP contribution in [-0.4, -0.2) is 42.7 Å². The number of aliphatic hydroxyl groups is 1. The van der Waals surface area contributed by atoms with Gasteiger partial charge in [-0.25, -0.2) is 18.2 Å². The summed E-state index contributed by atoms with van der Waals surface area (Å²) in [5.41, 5.74) is 1.32. The molecule has 0 aliphatic rings. The van der Waals surface area contributed by atoms with E-state index < -0.39 is 21.9 Å². The highest BCUT2D eigenvalue weighted by Crippen LogP contribution is 2.22. The van der Waals surface area contributed by atoms with Crippen molar-refractivity contribution in [3.63, 3.8) is 0 Å². The number of carboxylic acid groups (broad SMARTS) is 1. The largest absolute Gasteiger partial charge is 0.477 e. The van der Waals surface area contributed by atoms with Gasteiger partial charge in [-0.3, -0.25) is 0 Å². The van der Waals surface area contributed by atoms with Gasteiger partial charge >= 0.3 is 5.97 Å². The standard InChI is InChI=1S/C22H21ClN2O5S/c23-17-3-1-2-16(12-17)21(26)14-24-10-8-15-4-6-18(7-5-15)31(29,30)19-9-11-25-20(13-19)22(27)28/h1-7,9,11-13,21,24,26H,8,10,14H2,(H,27,28)/t21-/m0/s1. The zero-order valence-corrected chi connectivity index (χ0v) is 18.0. The zero-order chi connectivity index (χ0) is 22.4. The third-order valence-electron chi connectivity index (χ3n) is 4.66. The van der Waals surface area contributed by atoms with Crippen LogP contribution >= 0.6 is 11.6 Å². The van der Waals surface area contributed by atoms with Crippen LogP contribution in [0.3, 0.4) is 0 Å². The molecule has 0 saturated carbocycles. The van der Waals surface area contributed by atoms with E-state index in [-0.39, 0.29) is 15.5 Å². The lowest BCUT2D eigenvalue weighted by atomic mass is 10.1. The number of hydrogen-bond donors (Lipinski definition) is 3. The number of sulfone groups is 1. The number of halogens is 1. The Balaban J connectivity index is 1.57. The smallest absolute Gasteiger partial charge is 0.354 e. The van der Waals surface area contributed by atoms with E-state index in [1.807, 2.05) is 0 Å². The number of aliphatic hydroxyl groups excluding tert-OH is 1. The molecule has 1 atom stereocenters. The van der Waals surface area contributed by atoms with E-state index in [1.54, 1.807) is 36.4 Å². The van der Waals surface area contributed by atoms with E-state index in [9.17, 15) is 18.3 Å². The van der Waals surface area contributed by atoms with Gasteiger partial charge in [-0.1, -0.05) is 35.9 Å². The van der Waals surface area contributed by atoms with Crippen LogP contribution in [-0.2, 0) is 16.3 Å². The van der Waals surface area contributed by atoms with Crippen molar-refractivity contribution in [2.24, 2.45) is 0 Å². The second-order valence-electron chi connectivity index (χ2n) is 6.85. The Labute approximate surface area is 185 Å². The predicted octanol–water partition coefficient (Wildman–Crippen LogP) is 3.13. The summed E-state index contributed by atoms with van der Waals surface area (Å²) >= 11 is 5.93. The van der Waals surface area contributed by atoms with Crippen molar-refractivity contribution in [1.82, 2.24) is 10.3 Å². The van der Waals surface area contributed by atoms with Gasteiger partial charge in [-0.15, -0.1) is 0 Å². The van der Waals surface area contributed by atoms with E-state index in [1.165, 1.54) is 18.2 Å². The molecule has 3 N–H and O–H groups in total. The van der Waals surface area contributed by atoms with Crippen molar-refractivity contribution in [2.45, 2.75) is 22.3 Å². The molecular weight excluding hydrogens is 440 g/mol. The molecule has 0 radical (unpaired) electrons. The van der Waals surface area contributed by atoms with Crippen molar-refractivity contribution >= 4 is 27.4 Å². The fourth-order valence-corrected chi connectivity index (χ4v) is 4.44. The third kappa shape index (κ3) is 5.89. The van der Waals surface area contributed by atoms with Crippen molar-refractivity contribution < 1.29 is 23.4 Å². The molecule has 0 spiro atoms. The first-order chi connectivity index (χ1) is 14.8. The number of carbonyl (C=O) groups is 1. The number of aromatic nitrogens is 1. The van der Waals surface area contributed by atoms with Crippen molar-refractivity contribution in [3.8, 4) is 0 Å². The number of nitrogens with one attached hydrogen (secondary N) is 1. The number of benzene rings is 2. The van der Waals surface area contributed by atoms with E-state index in [0.717, 1.165) is 23.4 Å². The van der Waals surface area contributed by atoms with Crippen LogP contribution in [0, 0.1) is 0 Å². The van der Waals surface area contributed by atoms with Gasteiger partial charge < -0.3 is 15.5 Å². The first kappa shape index (κ1) is 22.9. The number of nitrogens with zero attached hydrogens (tertiary/aromatic N) is 1. The highest BCUT2D eigenvalue weighted by atomic mass is 35.5. The molecule has 3 rings (SSSR count). The lowest BCUT2D eigenvalue weighted by molar-refractivity contribution is 0.0690. The molecule has 3 aromatic rings. The predicted molar refractivity (Wildman–Crippen MR) is 116 cm³/mol. The summed E-state index contributed by atoms with van der Waals surface area (Å²) in [6, 6.07) is 15.8. The number of rotatable bonds is 9. The van der Waals surface area contributed by atoms with Gasteiger partial charge in [-0.2, -0.15) is 0 Å². The number of carboxylic acids is 1. The highest BCUT2D eigenvalue weighted by Gasteiger charge is 2.19. The van der Waals surface area contributed by atoms with Gasteiger partial charge in [0.1, 0.15) is 5.69 Å². The Bertz CT molecular complexity index is 1170. The summed E-state index contributed by atoms with van der Waals surface area (Å²) in [5, 5.41) is 22.9. The molecule has 1 heterocycles. The summed E-state index contributed by atoms with van der Waals surface area (Å²) in [6.07, 6.45) is 1.12. The number of hydrogen-bond acceptors (Lipinski definition) is 6. The SMILES string of the molecule is O=C(O)c1cc(S(=O)(=O)c2ccc(CCNC[C@H](O)c3cccc(Cl)c3)cc2)ccn1. The zero-order valence-electron chi connectivity index (χ0n) is 16.4. The van der Waals surface area contributed by atoms with Crippen LogP contribution < -0.4 is 5.32 Å². The molecule has 9 heteroatoms. The van der Waals surface area contributed by atoms with Crippen molar-refractivity contribution in [1.29, 1.82) is 0 Å². The molecule has 7 nitrogen and oxygen atoms in total. The normalized spacial score (nSPS) is 12.5. The maximum absolute atomic E-state index is 12.7. The van der Waals surface area contributed by atoms with E-state index in [4.69, 9.17) is 16.7 Å². The van der Waals surface area contributed by atoms with Crippen LogP contribution in [0.4, 0.5) is 0 Å². The minimum atomic E-state index is -3.85. The Morgan fingerprint density at radius 1 is 1.06 bits per heavy atom. The Kier molecular flexibility index (Phi) is 7.40. The first-order valence-corrected chi connectivity index (χ1v) is 11.3. The van der Waals surface area contributed by atoms with Gasteiger partial charge in [0.25, 0.3) is 0 Å². The third-order valence-corrected chi connectivity index (χ3v) is 6.66. The topological polar surface area (TPSA) is 117 Å². The van der Waals surface area contributed by atoms with Gasteiger partial charge in [0.2, 0.25) is 9.84 Å². The molecule has 0 bridgehead atoms. The lowest BCUT2D eigenvalue weighted by Gasteiger charge is -2.12. The molecule has 0 saturated heterocycles. The van der Waals surface area contributed by atoms with Crippen molar-refractivity contribution in [3.05, 3.63) is 88.7 Å². The second kappa shape index (κ2) is 10.0. The Morgan fingerprint density at radius 3 is 2.48 bits per heavy atom. The lowest BCUT2D eigenvalue weighted by Crippen LogP contribution is -2.23.